The summed E-state index contributed by atoms with van der Waals surface area (Å²) in [5.41, 5.74) is 0. The molecule has 0 aromatic carbocycles. The van der Waals surface area contributed by atoms with Crippen molar-refractivity contribution in [3.63, 3.8) is 0 Å². The number of hydrogen-bond acceptors (Lipinski definition) is 2. The van der Waals surface area contributed by atoms with Gasteiger partial charge in [-0.15, -0.1) is 6.58 Å². The molecule has 1 aliphatic rings. The smallest absolute Gasteiger partial charge is 0.320 e. The summed E-state index contributed by atoms with van der Waals surface area (Å²) in [6.07, 6.45) is 6.73. The van der Waals surface area contributed by atoms with E-state index in [-0.39, 0.29) is 6.04 Å². The van der Waals surface area contributed by atoms with Crippen molar-refractivity contribution in [2.24, 2.45) is 0 Å². The van der Waals surface area contributed by atoms with Crippen LogP contribution in [-0.4, -0.2) is 23.2 Å². The van der Waals surface area contributed by atoms with Gasteiger partial charge in [-0.3, -0.25) is 4.79 Å². The van der Waals surface area contributed by atoms with Crippen molar-refractivity contribution < 1.29 is 9.90 Å². The molecule has 1 aliphatic heterocycles. The van der Waals surface area contributed by atoms with Crippen LogP contribution in [0.25, 0.3) is 0 Å². The van der Waals surface area contributed by atoms with Gasteiger partial charge in [0, 0.05) is 6.04 Å². The Hall–Kier alpha value is -0.830. The number of carboxylic acid groups (broad SMARTS) is 1. The van der Waals surface area contributed by atoms with Crippen LogP contribution in [-0.2, 0) is 4.79 Å². The molecule has 1 heterocycles. The Morgan fingerprint density at radius 3 is 3.00 bits per heavy atom. The van der Waals surface area contributed by atoms with E-state index in [1.165, 1.54) is 0 Å². The Bertz CT molecular complexity index is 191. The molecule has 1 fully saturated rings. The number of carboxylic acids is 1. The topological polar surface area (TPSA) is 49.3 Å². The maximum Gasteiger partial charge on any atom is 0.320 e. The highest BCUT2D eigenvalue weighted by atomic mass is 16.4. The van der Waals surface area contributed by atoms with Gasteiger partial charge in [-0.2, -0.15) is 0 Å². The zero-order valence-corrected chi connectivity index (χ0v) is 7.83. The molecule has 0 bridgehead atoms. The van der Waals surface area contributed by atoms with Gasteiger partial charge in [-0.25, -0.2) is 0 Å². The second-order valence-corrected chi connectivity index (χ2v) is 3.55. The van der Waals surface area contributed by atoms with Gasteiger partial charge in [0.05, 0.1) is 0 Å². The third kappa shape index (κ3) is 3.19. The van der Waals surface area contributed by atoms with Crippen molar-refractivity contribution in [3.8, 4) is 0 Å². The van der Waals surface area contributed by atoms with E-state index in [9.17, 15) is 4.79 Å². The third-order valence-electron chi connectivity index (χ3n) is 2.50. The maximum absolute atomic E-state index is 10.7. The summed E-state index contributed by atoms with van der Waals surface area (Å²) in [5, 5.41) is 11.9. The van der Waals surface area contributed by atoms with Gasteiger partial charge in [0.2, 0.25) is 0 Å². The summed E-state index contributed by atoms with van der Waals surface area (Å²) in [5.74, 6) is -0.719. The van der Waals surface area contributed by atoms with Gasteiger partial charge in [0.15, 0.2) is 0 Å². The van der Waals surface area contributed by atoms with Crippen molar-refractivity contribution in [3.05, 3.63) is 12.7 Å². The molecule has 1 rings (SSSR count). The molecule has 1 saturated heterocycles. The first-order valence-corrected chi connectivity index (χ1v) is 4.83. The van der Waals surface area contributed by atoms with Crippen LogP contribution in [0, 0.1) is 0 Å². The zero-order valence-electron chi connectivity index (χ0n) is 7.83. The molecule has 3 heteroatoms. The summed E-state index contributed by atoms with van der Waals surface area (Å²) >= 11 is 0. The Kier molecular flexibility index (Phi) is 3.96. The molecule has 2 atom stereocenters. The Labute approximate surface area is 78.8 Å². The van der Waals surface area contributed by atoms with E-state index in [2.05, 4.69) is 11.9 Å². The van der Waals surface area contributed by atoms with Crippen LogP contribution < -0.4 is 5.32 Å². The molecule has 0 amide bonds. The highest BCUT2D eigenvalue weighted by molar-refractivity contribution is 5.73. The lowest BCUT2D eigenvalue weighted by Crippen LogP contribution is -2.46. The summed E-state index contributed by atoms with van der Waals surface area (Å²) < 4.78 is 0. The van der Waals surface area contributed by atoms with Crippen LogP contribution in [0.4, 0.5) is 0 Å². The number of hydrogen-bond donors (Lipinski definition) is 2. The molecule has 0 spiro atoms. The number of piperidine rings is 1. The Morgan fingerprint density at radius 1 is 1.62 bits per heavy atom. The van der Waals surface area contributed by atoms with Crippen molar-refractivity contribution in [1.29, 1.82) is 0 Å². The number of aliphatic carboxylic acids is 1. The first kappa shape index (κ1) is 10.3. The molecule has 0 saturated carbocycles. The normalized spacial score (nSPS) is 28.3. The number of carbonyl (C=O) groups is 1. The van der Waals surface area contributed by atoms with Crippen molar-refractivity contribution in [1.82, 2.24) is 5.32 Å². The average molecular weight is 183 g/mol. The van der Waals surface area contributed by atoms with E-state index in [0.717, 1.165) is 32.1 Å². The van der Waals surface area contributed by atoms with E-state index in [4.69, 9.17) is 5.11 Å². The van der Waals surface area contributed by atoms with Gasteiger partial charge in [-0.1, -0.05) is 6.08 Å². The fourth-order valence-corrected chi connectivity index (χ4v) is 1.76. The SMILES string of the molecule is C=CCCC1CCCC(C(=O)O)N1. The van der Waals surface area contributed by atoms with E-state index >= 15 is 0 Å². The summed E-state index contributed by atoms with van der Waals surface area (Å²) in [6.45, 7) is 3.66. The first-order valence-electron chi connectivity index (χ1n) is 4.83. The van der Waals surface area contributed by atoms with Gasteiger partial charge < -0.3 is 10.4 Å². The molecule has 0 aliphatic carbocycles. The molecule has 3 nitrogen and oxygen atoms in total. The molecule has 0 aromatic heterocycles. The second kappa shape index (κ2) is 5.02. The molecule has 0 aromatic rings. The zero-order chi connectivity index (χ0) is 9.68. The van der Waals surface area contributed by atoms with E-state index in [0.29, 0.717) is 6.04 Å². The fourth-order valence-electron chi connectivity index (χ4n) is 1.76. The van der Waals surface area contributed by atoms with Crippen LogP contribution in [0.2, 0.25) is 0 Å². The fraction of sp³-hybridized carbons (Fsp3) is 0.700. The highest BCUT2D eigenvalue weighted by Gasteiger charge is 2.24. The number of rotatable bonds is 4. The molecule has 13 heavy (non-hydrogen) atoms. The van der Waals surface area contributed by atoms with Crippen molar-refractivity contribution in [2.45, 2.75) is 44.2 Å². The van der Waals surface area contributed by atoms with Crippen LogP contribution in [0.3, 0.4) is 0 Å². The molecular weight excluding hydrogens is 166 g/mol. The molecule has 2 N–H and O–H groups in total. The lowest BCUT2D eigenvalue weighted by molar-refractivity contribution is -0.140. The minimum Gasteiger partial charge on any atom is -0.480 e. The van der Waals surface area contributed by atoms with Crippen LogP contribution in [0.5, 0.6) is 0 Å². The van der Waals surface area contributed by atoms with E-state index < -0.39 is 5.97 Å². The maximum atomic E-state index is 10.7. The van der Waals surface area contributed by atoms with Crippen LogP contribution in [0.15, 0.2) is 12.7 Å². The van der Waals surface area contributed by atoms with Gasteiger partial charge >= 0.3 is 5.97 Å². The lowest BCUT2D eigenvalue weighted by Gasteiger charge is -2.28. The molecule has 2 unspecified atom stereocenters. The van der Waals surface area contributed by atoms with Crippen LogP contribution >= 0.6 is 0 Å². The van der Waals surface area contributed by atoms with Crippen LogP contribution in [0.1, 0.15) is 32.1 Å². The Balaban J connectivity index is 2.32. The largest absolute Gasteiger partial charge is 0.480 e. The highest BCUT2D eigenvalue weighted by Crippen LogP contribution is 2.16. The van der Waals surface area contributed by atoms with Gasteiger partial charge in [0.25, 0.3) is 0 Å². The predicted octanol–water partition coefficient (Wildman–Crippen LogP) is 1.55. The van der Waals surface area contributed by atoms with Crippen molar-refractivity contribution in [2.75, 3.05) is 0 Å². The molecule has 0 radical (unpaired) electrons. The van der Waals surface area contributed by atoms with E-state index in [1.54, 1.807) is 0 Å². The average Bonchev–Trinajstić information content (AvgIpc) is 2.15. The molecule has 74 valence electrons. The monoisotopic (exact) mass is 183 g/mol. The number of nitrogens with one attached hydrogen (secondary N) is 1. The van der Waals surface area contributed by atoms with E-state index in [1.807, 2.05) is 6.08 Å². The lowest BCUT2D eigenvalue weighted by atomic mass is 9.95. The minimum absolute atomic E-state index is 0.330. The number of allylic oxidation sites excluding steroid dienone is 1. The summed E-state index contributed by atoms with van der Waals surface area (Å²) in [7, 11) is 0. The summed E-state index contributed by atoms with van der Waals surface area (Å²) in [6, 6.07) is 0.0383. The Morgan fingerprint density at radius 2 is 2.38 bits per heavy atom. The first-order chi connectivity index (χ1) is 6.24. The van der Waals surface area contributed by atoms with Gasteiger partial charge in [0.1, 0.15) is 6.04 Å². The van der Waals surface area contributed by atoms with Crippen molar-refractivity contribution >= 4 is 5.97 Å². The molecular formula is C10H17NO2. The quantitative estimate of drug-likeness (QED) is 0.650. The standard InChI is InChI=1S/C10H17NO2/c1-2-3-5-8-6-4-7-9(11-8)10(12)13/h2,8-9,11H,1,3-7H2,(H,12,13). The van der Waals surface area contributed by atoms with Gasteiger partial charge in [-0.05, 0) is 32.1 Å². The summed E-state index contributed by atoms with van der Waals surface area (Å²) in [4.78, 5) is 10.7. The predicted molar refractivity (Wildman–Crippen MR) is 51.6 cm³/mol. The second-order valence-electron chi connectivity index (χ2n) is 3.55. The minimum atomic E-state index is -0.719. The third-order valence-corrected chi connectivity index (χ3v) is 2.50.